The minimum absolute atomic E-state index is 0.0537. The summed E-state index contributed by atoms with van der Waals surface area (Å²) < 4.78 is 0. The molecule has 266 valence electrons. The first-order valence-corrected chi connectivity index (χ1v) is 16.6. The molecule has 13 heteroatoms. The fourth-order valence-corrected chi connectivity index (χ4v) is 5.31. The number of aromatic nitrogens is 3. The molecule has 4 aromatic rings. The summed E-state index contributed by atoms with van der Waals surface area (Å²) in [6.07, 6.45) is 1.44. The molecule has 3 heterocycles. The molecule has 0 bridgehead atoms. The lowest BCUT2D eigenvalue weighted by molar-refractivity contribution is -0.131. The average molecular weight is 686 g/mol. The topological polar surface area (TPSA) is 175 Å². The smallest absolute Gasteiger partial charge is 0.238 e. The van der Waals surface area contributed by atoms with Crippen LogP contribution in [0.25, 0.3) is 0 Å². The number of carbonyl (C=O) groups is 2. The number of likely N-dealkylation sites (N-methyl/N-ethyl adjacent to an activating group) is 1. The predicted molar refractivity (Wildman–Crippen MR) is 188 cm³/mol. The van der Waals surface area contributed by atoms with Gasteiger partial charge in [-0.25, -0.2) is 0 Å². The van der Waals surface area contributed by atoms with E-state index in [1.807, 2.05) is 54.6 Å². The van der Waals surface area contributed by atoms with E-state index >= 15 is 0 Å². The van der Waals surface area contributed by atoms with Gasteiger partial charge in [0.05, 0.1) is 55.0 Å². The van der Waals surface area contributed by atoms with Crippen LogP contribution in [0.4, 0.5) is 5.69 Å². The van der Waals surface area contributed by atoms with E-state index in [0.717, 1.165) is 17.1 Å². The molecule has 0 spiro atoms. The fourth-order valence-electron chi connectivity index (χ4n) is 5.31. The van der Waals surface area contributed by atoms with Gasteiger partial charge in [-0.1, -0.05) is 30.3 Å². The average Bonchev–Trinajstić information content (AvgIpc) is 3.12. The number of nitrogens with zero attached hydrogens (tertiary/aromatic N) is 6. The summed E-state index contributed by atoms with van der Waals surface area (Å²) in [4.78, 5) is 45.1. The minimum Gasteiger partial charge on any atom is -0.394 e. The molecule has 0 fully saturated rings. The number of hydrogen-bond donors (Lipinski definition) is 5. The molecule has 0 aliphatic rings. The van der Waals surface area contributed by atoms with Crippen LogP contribution < -0.4 is 5.32 Å². The van der Waals surface area contributed by atoms with Crippen LogP contribution >= 0.6 is 0 Å². The molecule has 0 aliphatic heterocycles. The van der Waals surface area contributed by atoms with E-state index in [9.17, 15) is 24.9 Å². The monoisotopic (exact) mass is 685 g/mol. The van der Waals surface area contributed by atoms with Crippen LogP contribution in [0.5, 0.6) is 0 Å². The van der Waals surface area contributed by atoms with E-state index in [4.69, 9.17) is 5.11 Å². The van der Waals surface area contributed by atoms with Crippen molar-refractivity contribution in [1.82, 2.24) is 29.7 Å². The zero-order valence-electron chi connectivity index (χ0n) is 28.3. The molecule has 0 aliphatic carbocycles. The zero-order valence-corrected chi connectivity index (χ0v) is 28.3. The maximum atomic E-state index is 13.3. The highest BCUT2D eigenvalue weighted by Gasteiger charge is 2.23. The van der Waals surface area contributed by atoms with Gasteiger partial charge >= 0.3 is 0 Å². The zero-order chi connectivity index (χ0) is 35.7. The van der Waals surface area contributed by atoms with Crippen LogP contribution in [0, 0.1) is 0 Å². The first kappa shape index (κ1) is 38.2. The van der Waals surface area contributed by atoms with Gasteiger partial charge < -0.3 is 30.6 Å². The maximum Gasteiger partial charge on any atom is 0.238 e. The highest BCUT2D eigenvalue weighted by Crippen LogP contribution is 2.13. The molecule has 13 nitrogen and oxygen atoms in total. The van der Waals surface area contributed by atoms with Crippen molar-refractivity contribution < 1.29 is 30.0 Å². The summed E-state index contributed by atoms with van der Waals surface area (Å²) in [6, 6.07) is 24.4. The second kappa shape index (κ2) is 20.1. The second-order valence-corrected chi connectivity index (χ2v) is 12.3. The molecule has 0 saturated carbocycles. The Morgan fingerprint density at radius 2 is 1.24 bits per heavy atom. The minimum atomic E-state index is -1.28. The lowest BCUT2D eigenvalue weighted by Gasteiger charge is -2.27. The number of aliphatic hydroxyl groups excluding tert-OH is 4. The largest absolute Gasteiger partial charge is 0.394 e. The van der Waals surface area contributed by atoms with Crippen molar-refractivity contribution in [3.8, 4) is 0 Å². The third-order valence-electron chi connectivity index (χ3n) is 8.08. The fraction of sp³-hybridized carbons (Fsp3) is 0.378. The molecule has 5 N–H and O–H groups in total. The first-order valence-electron chi connectivity index (χ1n) is 16.6. The van der Waals surface area contributed by atoms with E-state index in [1.165, 1.54) is 11.9 Å². The quantitative estimate of drug-likeness (QED) is 0.0912. The van der Waals surface area contributed by atoms with E-state index < -0.39 is 24.9 Å². The third-order valence-corrected chi connectivity index (χ3v) is 8.08. The normalized spacial score (nSPS) is 13.2. The highest BCUT2D eigenvalue weighted by molar-refractivity contribution is 5.92. The third kappa shape index (κ3) is 13.3. The van der Waals surface area contributed by atoms with E-state index in [1.54, 1.807) is 42.9 Å². The van der Waals surface area contributed by atoms with Crippen molar-refractivity contribution in [2.24, 2.45) is 0 Å². The Morgan fingerprint density at radius 3 is 1.74 bits per heavy atom. The molecular formula is C37H47N7O6. The molecule has 0 saturated heterocycles. The summed E-state index contributed by atoms with van der Waals surface area (Å²) in [6.45, 7) is 2.45. The lowest BCUT2D eigenvalue weighted by atomic mass is 10.1. The summed E-state index contributed by atoms with van der Waals surface area (Å²) in [5, 5.41) is 41.6. The Hall–Kier alpha value is -4.63. The Labute approximate surface area is 292 Å². The molecule has 4 rings (SSSR count). The van der Waals surface area contributed by atoms with Crippen molar-refractivity contribution in [2.45, 2.75) is 50.8 Å². The molecule has 0 unspecified atom stereocenters. The van der Waals surface area contributed by atoms with E-state index in [0.29, 0.717) is 44.0 Å². The molecular weight excluding hydrogens is 638 g/mol. The summed E-state index contributed by atoms with van der Waals surface area (Å²) >= 11 is 0. The van der Waals surface area contributed by atoms with Gasteiger partial charge in [0.25, 0.3) is 0 Å². The standard InChI is InChI=1S/C37H47N7O6/c1-42(25-35(48)34(47)21-33(46)27-45)37(50)20-28-11-13-29(14-12-28)41-36(49)26-44(24-32-10-4-7-17-40-32)19-18-43(22-30-8-2-5-15-38-30)23-31-9-3-6-16-39-31/h2-17,33-35,45-48H,18-27H2,1H3,(H,41,49)/t33-,34-,35-/m0/s1. The number of anilines is 1. The van der Waals surface area contributed by atoms with Gasteiger partial charge in [-0.2, -0.15) is 0 Å². The Morgan fingerprint density at radius 1 is 0.720 bits per heavy atom. The van der Waals surface area contributed by atoms with Crippen LogP contribution in [0.2, 0.25) is 0 Å². The Balaban J connectivity index is 1.34. The number of benzene rings is 1. The van der Waals surface area contributed by atoms with Crippen molar-refractivity contribution >= 4 is 17.5 Å². The molecule has 0 radical (unpaired) electrons. The number of carbonyl (C=O) groups excluding carboxylic acids is 2. The summed E-state index contributed by atoms with van der Waals surface area (Å²) in [5.74, 6) is -0.467. The highest BCUT2D eigenvalue weighted by atomic mass is 16.3. The predicted octanol–water partition coefficient (Wildman–Crippen LogP) is 1.48. The summed E-state index contributed by atoms with van der Waals surface area (Å²) in [7, 11) is 1.52. The van der Waals surface area contributed by atoms with Gasteiger partial charge in [0.1, 0.15) is 0 Å². The van der Waals surface area contributed by atoms with Crippen molar-refractivity contribution in [2.75, 3.05) is 45.2 Å². The number of pyridine rings is 3. The van der Waals surface area contributed by atoms with E-state index in [-0.39, 0.29) is 37.7 Å². The molecule has 2 amide bonds. The number of amides is 2. The molecule has 3 atom stereocenters. The van der Waals surface area contributed by atoms with Crippen molar-refractivity contribution in [3.63, 3.8) is 0 Å². The molecule has 50 heavy (non-hydrogen) atoms. The van der Waals surface area contributed by atoms with Crippen LogP contribution in [0.1, 0.15) is 29.1 Å². The Bertz CT molecular complexity index is 1530. The van der Waals surface area contributed by atoms with Gasteiger partial charge in [-0.15, -0.1) is 0 Å². The number of nitrogens with one attached hydrogen (secondary N) is 1. The van der Waals surface area contributed by atoms with Gasteiger partial charge in [0, 0.05) is 77.0 Å². The van der Waals surface area contributed by atoms with Crippen molar-refractivity contribution in [3.05, 3.63) is 120 Å². The maximum absolute atomic E-state index is 13.3. The Kier molecular flexibility index (Phi) is 15.4. The summed E-state index contributed by atoms with van der Waals surface area (Å²) in [5.41, 5.74) is 4.04. The second-order valence-electron chi connectivity index (χ2n) is 12.3. The van der Waals surface area contributed by atoms with Crippen LogP contribution in [-0.2, 0) is 35.6 Å². The van der Waals surface area contributed by atoms with Gasteiger partial charge in [-0.05, 0) is 54.1 Å². The lowest BCUT2D eigenvalue weighted by Crippen LogP contribution is -2.42. The van der Waals surface area contributed by atoms with Gasteiger partial charge in [-0.3, -0.25) is 34.3 Å². The van der Waals surface area contributed by atoms with Gasteiger partial charge in [0.2, 0.25) is 11.8 Å². The van der Waals surface area contributed by atoms with Crippen molar-refractivity contribution in [1.29, 1.82) is 0 Å². The number of hydrogen-bond acceptors (Lipinski definition) is 11. The van der Waals surface area contributed by atoms with Crippen LogP contribution in [0.3, 0.4) is 0 Å². The molecule has 3 aromatic heterocycles. The number of aliphatic hydroxyl groups is 4. The van der Waals surface area contributed by atoms with Crippen LogP contribution in [-0.4, -0.2) is 120 Å². The molecule has 1 aromatic carbocycles. The first-order chi connectivity index (χ1) is 24.2. The van der Waals surface area contributed by atoms with Gasteiger partial charge in [0.15, 0.2) is 0 Å². The SMILES string of the molecule is CN(C[C@H](O)[C@@H](O)C[C@H](O)CO)C(=O)Cc1ccc(NC(=O)CN(CCN(Cc2ccccn2)Cc2ccccn2)Cc2ccccn2)cc1. The van der Waals surface area contributed by atoms with Crippen LogP contribution in [0.15, 0.2) is 97.5 Å². The number of rotatable bonds is 20. The van der Waals surface area contributed by atoms with E-state index in [2.05, 4.69) is 30.1 Å².